The molecule has 21 heavy (non-hydrogen) atoms. The van der Waals surface area contributed by atoms with Crippen molar-refractivity contribution in [1.82, 2.24) is 20.4 Å². The second-order valence-electron chi connectivity index (χ2n) is 5.30. The number of hydrogen-bond acceptors (Lipinski definition) is 6. The lowest BCUT2D eigenvalue weighted by molar-refractivity contribution is -0.128. The summed E-state index contributed by atoms with van der Waals surface area (Å²) < 4.78 is 0. The summed E-state index contributed by atoms with van der Waals surface area (Å²) in [6.07, 6.45) is 2.48. The van der Waals surface area contributed by atoms with E-state index < -0.39 is 0 Å². The molecule has 2 heterocycles. The number of nitrogens with zero attached hydrogens (tertiary/aromatic N) is 3. The zero-order chi connectivity index (χ0) is 15.2. The maximum absolute atomic E-state index is 12.1. The van der Waals surface area contributed by atoms with Crippen LogP contribution in [0.1, 0.15) is 22.9 Å². The molecule has 0 radical (unpaired) electrons. The third-order valence-electron chi connectivity index (χ3n) is 3.46. The maximum Gasteiger partial charge on any atom is 0.231 e. The smallest absolute Gasteiger partial charge is 0.231 e. The van der Waals surface area contributed by atoms with E-state index in [1.807, 2.05) is 11.8 Å². The second kappa shape index (κ2) is 7.46. The summed E-state index contributed by atoms with van der Waals surface area (Å²) in [7, 11) is 0. The van der Waals surface area contributed by atoms with Crippen LogP contribution in [-0.2, 0) is 16.0 Å². The van der Waals surface area contributed by atoms with E-state index in [1.54, 1.807) is 11.3 Å². The third-order valence-corrected chi connectivity index (χ3v) is 4.36. The molecular weight excluding hydrogens is 290 g/mol. The number of carbonyl (C=O) groups excluding carboxylic acids is 2. The lowest BCUT2D eigenvalue weighted by Gasteiger charge is -2.30. The van der Waals surface area contributed by atoms with Crippen molar-refractivity contribution in [2.75, 3.05) is 26.2 Å². The number of nitrogens with one attached hydrogen (secondary N) is 1. The van der Waals surface area contributed by atoms with Crippen LogP contribution in [0.3, 0.4) is 0 Å². The van der Waals surface area contributed by atoms with E-state index >= 15 is 0 Å². The molecule has 1 atom stereocenters. The third kappa shape index (κ3) is 5.05. The van der Waals surface area contributed by atoms with Gasteiger partial charge in [-0.2, -0.15) is 0 Å². The van der Waals surface area contributed by atoms with Crippen molar-refractivity contribution >= 4 is 23.2 Å². The number of carbonyl (C=O) groups is 2. The van der Waals surface area contributed by atoms with Crippen LogP contribution < -0.4 is 11.1 Å². The molecule has 7 nitrogen and oxygen atoms in total. The Labute approximate surface area is 127 Å². The Morgan fingerprint density at radius 3 is 2.95 bits per heavy atom. The first-order valence-corrected chi connectivity index (χ1v) is 7.93. The zero-order valence-corrected chi connectivity index (χ0v) is 13.0. The summed E-state index contributed by atoms with van der Waals surface area (Å²) in [5.74, 6) is -0.359. The fourth-order valence-corrected chi connectivity index (χ4v) is 3.22. The molecule has 0 aromatic carbocycles. The Hall–Kier alpha value is -1.54. The van der Waals surface area contributed by atoms with Crippen molar-refractivity contribution in [3.63, 3.8) is 0 Å². The molecule has 2 amide bonds. The highest BCUT2D eigenvalue weighted by molar-refractivity contribution is 7.11. The molecule has 1 fully saturated rings. The predicted octanol–water partition coefficient (Wildman–Crippen LogP) is -0.297. The fraction of sp³-hybridized carbons (Fsp3) is 0.692. The van der Waals surface area contributed by atoms with Crippen molar-refractivity contribution in [2.24, 2.45) is 11.7 Å². The van der Waals surface area contributed by atoms with E-state index in [0.717, 1.165) is 29.4 Å². The number of primary amides is 1. The van der Waals surface area contributed by atoms with Crippen LogP contribution in [0.15, 0.2) is 0 Å². The van der Waals surface area contributed by atoms with Gasteiger partial charge in [0.15, 0.2) is 0 Å². The summed E-state index contributed by atoms with van der Waals surface area (Å²) >= 11 is 1.55. The molecule has 0 saturated carbocycles. The molecule has 1 aromatic heterocycles. The molecule has 0 aliphatic carbocycles. The van der Waals surface area contributed by atoms with Crippen molar-refractivity contribution in [2.45, 2.75) is 26.2 Å². The Morgan fingerprint density at radius 1 is 1.48 bits per heavy atom. The van der Waals surface area contributed by atoms with Gasteiger partial charge in [-0.25, -0.2) is 0 Å². The van der Waals surface area contributed by atoms with E-state index in [9.17, 15) is 9.59 Å². The van der Waals surface area contributed by atoms with E-state index in [1.165, 1.54) is 0 Å². The van der Waals surface area contributed by atoms with Crippen LogP contribution in [0.4, 0.5) is 0 Å². The van der Waals surface area contributed by atoms with Crippen LogP contribution in [0.2, 0.25) is 0 Å². The lowest BCUT2D eigenvalue weighted by atomic mass is 9.97. The van der Waals surface area contributed by atoms with Crippen LogP contribution in [0.5, 0.6) is 0 Å². The number of amides is 2. The SMILES string of the molecule is Cc1nnc(CCNC(=O)[C@H]2CCCN(CC(N)=O)C2)s1. The molecule has 8 heteroatoms. The Bertz CT molecular complexity index is 505. The first-order chi connectivity index (χ1) is 10.0. The number of nitrogens with two attached hydrogens (primary N) is 1. The van der Waals surface area contributed by atoms with Gasteiger partial charge >= 0.3 is 0 Å². The molecule has 0 spiro atoms. The second-order valence-corrected chi connectivity index (χ2v) is 6.56. The van der Waals surface area contributed by atoms with E-state index in [0.29, 0.717) is 19.5 Å². The Morgan fingerprint density at radius 2 is 2.29 bits per heavy atom. The molecule has 2 rings (SSSR count). The highest BCUT2D eigenvalue weighted by Crippen LogP contribution is 2.16. The summed E-state index contributed by atoms with van der Waals surface area (Å²) in [5, 5.41) is 12.8. The molecule has 1 aromatic rings. The molecule has 1 aliphatic heterocycles. The van der Waals surface area contributed by atoms with E-state index in [2.05, 4.69) is 15.5 Å². The van der Waals surface area contributed by atoms with Crippen LogP contribution >= 0.6 is 11.3 Å². The molecule has 3 N–H and O–H groups in total. The average molecular weight is 311 g/mol. The number of aryl methyl sites for hydroxylation is 1. The summed E-state index contributed by atoms with van der Waals surface area (Å²) in [6.45, 7) is 4.15. The molecule has 0 bridgehead atoms. The monoisotopic (exact) mass is 311 g/mol. The highest BCUT2D eigenvalue weighted by atomic mass is 32.1. The number of aromatic nitrogens is 2. The summed E-state index contributed by atoms with van der Waals surface area (Å²) in [6, 6.07) is 0. The number of rotatable bonds is 6. The predicted molar refractivity (Wildman–Crippen MR) is 79.7 cm³/mol. The topological polar surface area (TPSA) is 101 Å². The largest absolute Gasteiger partial charge is 0.369 e. The van der Waals surface area contributed by atoms with Gasteiger partial charge < -0.3 is 11.1 Å². The van der Waals surface area contributed by atoms with Gasteiger partial charge in [0.1, 0.15) is 10.0 Å². The van der Waals surface area contributed by atoms with Crippen molar-refractivity contribution in [1.29, 1.82) is 0 Å². The molecule has 116 valence electrons. The zero-order valence-electron chi connectivity index (χ0n) is 12.2. The minimum atomic E-state index is -0.345. The van der Waals surface area contributed by atoms with Gasteiger partial charge in [-0.05, 0) is 26.3 Å². The van der Waals surface area contributed by atoms with Gasteiger partial charge in [-0.3, -0.25) is 14.5 Å². The number of likely N-dealkylation sites (tertiary alicyclic amines) is 1. The van der Waals surface area contributed by atoms with E-state index in [4.69, 9.17) is 5.73 Å². The van der Waals surface area contributed by atoms with Crippen molar-refractivity contribution in [3.8, 4) is 0 Å². The van der Waals surface area contributed by atoms with E-state index in [-0.39, 0.29) is 24.3 Å². The molecule has 1 saturated heterocycles. The first kappa shape index (κ1) is 15.8. The van der Waals surface area contributed by atoms with Gasteiger partial charge in [0, 0.05) is 19.5 Å². The van der Waals surface area contributed by atoms with Crippen LogP contribution in [0.25, 0.3) is 0 Å². The lowest BCUT2D eigenvalue weighted by Crippen LogP contribution is -2.46. The summed E-state index contributed by atoms with van der Waals surface area (Å²) in [5.41, 5.74) is 5.20. The Kier molecular flexibility index (Phi) is 5.63. The fourth-order valence-electron chi connectivity index (χ4n) is 2.51. The van der Waals surface area contributed by atoms with Gasteiger partial charge in [0.25, 0.3) is 0 Å². The first-order valence-electron chi connectivity index (χ1n) is 7.12. The molecule has 0 unspecified atom stereocenters. The number of piperidine rings is 1. The van der Waals surface area contributed by atoms with Gasteiger partial charge in [0.05, 0.1) is 12.5 Å². The standard InChI is InChI=1S/C13H21N5O2S/c1-9-16-17-12(21-9)4-5-15-13(20)10-3-2-6-18(7-10)8-11(14)19/h10H,2-8H2,1H3,(H2,14,19)(H,15,20)/t10-/m0/s1. The number of hydrogen-bond donors (Lipinski definition) is 2. The van der Waals surface area contributed by atoms with Crippen LogP contribution in [-0.4, -0.2) is 53.1 Å². The van der Waals surface area contributed by atoms with Gasteiger partial charge in [-0.15, -0.1) is 21.5 Å². The van der Waals surface area contributed by atoms with Crippen LogP contribution in [0, 0.1) is 12.8 Å². The molecule has 1 aliphatic rings. The highest BCUT2D eigenvalue weighted by Gasteiger charge is 2.26. The average Bonchev–Trinajstić information content (AvgIpc) is 2.84. The minimum absolute atomic E-state index is 0.0467. The minimum Gasteiger partial charge on any atom is -0.369 e. The van der Waals surface area contributed by atoms with Gasteiger partial charge in [-0.1, -0.05) is 0 Å². The molecular formula is C13H21N5O2S. The van der Waals surface area contributed by atoms with Crippen molar-refractivity contribution < 1.29 is 9.59 Å². The Balaban J connectivity index is 1.73. The van der Waals surface area contributed by atoms with Crippen molar-refractivity contribution in [3.05, 3.63) is 10.0 Å². The summed E-state index contributed by atoms with van der Waals surface area (Å²) in [4.78, 5) is 25.0. The normalized spacial score (nSPS) is 19.4. The van der Waals surface area contributed by atoms with Gasteiger partial charge in [0.2, 0.25) is 11.8 Å². The quantitative estimate of drug-likeness (QED) is 0.751. The maximum atomic E-state index is 12.1.